The number of aliphatic hydroxyl groups is 1. The smallest absolute Gasteiger partial charge is 0.309 e. The third kappa shape index (κ3) is 4.30. The Hall–Kier alpha value is -2.39. The molecule has 0 aliphatic carbocycles. The second-order valence-electron chi connectivity index (χ2n) is 5.00. The minimum atomic E-state index is -0.669. The van der Waals surface area contributed by atoms with Gasteiger partial charge < -0.3 is 9.84 Å². The molecule has 0 fully saturated rings. The van der Waals surface area contributed by atoms with E-state index in [1.165, 1.54) is 7.11 Å². The van der Waals surface area contributed by atoms with Crippen LogP contribution >= 0.6 is 0 Å². The summed E-state index contributed by atoms with van der Waals surface area (Å²) in [5, 5.41) is 10.7. The molecular weight excluding hydrogens is 276 g/mol. The van der Waals surface area contributed by atoms with Crippen molar-refractivity contribution in [3.63, 3.8) is 0 Å². The summed E-state index contributed by atoms with van der Waals surface area (Å²) in [6.07, 6.45) is 3.14. The number of methoxy groups -OCH3 is 1. The normalized spacial score (nSPS) is 13.7. The highest BCUT2D eigenvalue weighted by Crippen LogP contribution is 2.32. The number of benzene rings is 2. The lowest BCUT2D eigenvalue weighted by Crippen LogP contribution is -2.09. The Labute approximate surface area is 130 Å². The van der Waals surface area contributed by atoms with Gasteiger partial charge in [-0.25, -0.2) is 0 Å². The maximum Gasteiger partial charge on any atom is 0.309 e. The summed E-state index contributed by atoms with van der Waals surface area (Å²) in [4.78, 5) is 11.2. The third-order valence-electron chi connectivity index (χ3n) is 3.52. The van der Waals surface area contributed by atoms with E-state index in [9.17, 15) is 9.90 Å². The monoisotopic (exact) mass is 296 g/mol. The zero-order chi connectivity index (χ0) is 15.8. The first-order valence-corrected chi connectivity index (χ1v) is 7.24. The average molecular weight is 296 g/mol. The van der Waals surface area contributed by atoms with Crippen LogP contribution < -0.4 is 0 Å². The van der Waals surface area contributed by atoms with Gasteiger partial charge >= 0.3 is 5.97 Å². The van der Waals surface area contributed by atoms with Crippen LogP contribution in [0.1, 0.15) is 29.6 Å². The van der Waals surface area contributed by atoms with Gasteiger partial charge in [-0.05, 0) is 11.1 Å². The molecule has 0 aromatic heterocycles. The van der Waals surface area contributed by atoms with Crippen molar-refractivity contribution in [3.8, 4) is 0 Å². The largest absolute Gasteiger partial charge is 0.469 e. The van der Waals surface area contributed by atoms with Gasteiger partial charge in [0, 0.05) is 5.92 Å². The van der Waals surface area contributed by atoms with Crippen LogP contribution in [0.15, 0.2) is 72.8 Å². The zero-order valence-corrected chi connectivity index (χ0v) is 12.6. The number of carbonyl (C=O) groups is 1. The Bertz CT molecular complexity index is 605. The number of hydrogen-bond acceptors (Lipinski definition) is 3. The molecule has 0 aliphatic rings. The van der Waals surface area contributed by atoms with Crippen molar-refractivity contribution in [2.45, 2.75) is 18.4 Å². The first-order chi connectivity index (χ1) is 10.7. The van der Waals surface area contributed by atoms with E-state index >= 15 is 0 Å². The van der Waals surface area contributed by atoms with Gasteiger partial charge in [0.2, 0.25) is 0 Å². The van der Waals surface area contributed by atoms with Crippen LogP contribution in [0.2, 0.25) is 0 Å². The predicted octanol–water partition coefficient (Wildman–Crippen LogP) is 3.62. The first-order valence-electron chi connectivity index (χ1n) is 7.24. The van der Waals surface area contributed by atoms with Crippen molar-refractivity contribution in [1.29, 1.82) is 0 Å². The fourth-order valence-corrected chi connectivity index (χ4v) is 2.33. The molecule has 0 bridgehead atoms. The van der Waals surface area contributed by atoms with Gasteiger partial charge in [0.05, 0.1) is 19.6 Å². The van der Waals surface area contributed by atoms with Crippen LogP contribution in [0.4, 0.5) is 0 Å². The molecule has 0 radical (unpaired) electrons. The van der Waals surface area contributed by atoms with E-state index in [1.807, 2.05) is 66.7 Å². The molecule has 114 valence electrons. The lowest BCUT2D eigenvalue weighted by atomic mass is 9.88. The summed E-state index contributed by atoms with van der Waals surface area (Å²) < 4.78 is 4.63. The van der Waals surface area contributed by atoms with Gasteiger partial charge in [-0.15, -0.1) is 0 Å². The quantitative estimate of drug-likeness (QED) is 0.654. The van der Waals surface area contributed by atoms with E-state index in [2.05, 4.69) is 4.74 Å². The molecule has 22 heavy (non-hydrogen) atoms. The van der Waals surface area contributed by atoms with E-state index in [0.29, 0.717) is 0 Å². The van der Waals surface area contributed by atoms with Crippen molar-refractivity contribution in [2.24, 2.45) is 0 Å². The van der Waals surface area contributed by atoms with Gasteiger partial charge in [-0.1, -0.05) is 72.8 Å². The Balaban J connectivity index is 2.24. The third-order valence-corrected chi connectivity index (χ3v) is 3.52. The molecular formula is C19H20O3. The first kappa shape index (κ1) is 16.0. The number of esters is 1. The zero-order valence-electron chi connectivity index (χ0n) is 12.6. The van der Waals surface area contributed by atoms with Crippen molar-refractivity contribution < 1.29 is 14.6 Å². The van der Waals surface area contributed by atoms with Crippen LogP contribution in [0, 0.1) is 0 Å². The number of aliphatic hydroxyl groups excluding tert-OH is 1. The number of ether oxygens (including phenoxy) is 1. The molecule has 1 N–H and O–H groups in total. The van der Waals surface area contributed by atoms with E-state index in [4.69, 9.17) is 0 Å². The molecule has 2 unspecified atom stereocenters. The average Bonchev–Trinajstić information content (AvgIpc) is 2.59. The van der Waals surface area contributed by atoms with Crippen LogP contribution in [0.5, 0.6) is 0 Å². The van der Waals surface area contributed by atoms with Gasteiger partial charge in [0.15, 0.2) is 0 Å². The van der Waals surface area contributed by atoms with Crippen molar-refractivity contribution in [3.05, 3.63) is 83.9 Å². The maximum atomic E-state index is 11.2. The minimum Gasteiger partial charge on any atom is -0.469 e. The summed E-state index contributed by atoms with van der Waals surface area (Å²) >= 11 is 0. The maximum absolute atomic E-state index is 11.2. The van der Waals surface area contributed by atoms with E-state index in [-0.39, 0.29) is 18.3 Å². The molecule has 2 rings (SSSR count). The summed E-state index contributed by atoms with van der Waals surface area (Å²) in [6.45, 7) is 0. The van der Waals surface area contributed by atoms with Crippen LogP contribution in [-0.2, 0) is 9.53 Å². The topological polar surface area (TPSA) is 46.5 Å². The Morgan fingerprint density at radius 3 is 2.14 bits per heavy atom. The molecule has 0 spiro atoms. The standard InChI is InChI=1S/C19H20O3/c1-22-18(20)14-8-13-17(15-9-4-2-5-10-15)19(21)16-11-6-3-7-12-16/h2-13,17,19,21H,14H2,1H3/b13-8+. The second kappa shape index (κ2) is 8.15. The molecule has 2 aromatic carbocycles. The molecule has 2 aromatic rings. The lowest BCUT2D eigenvalue weighted by molar-refractivity contribution is -0.139. The van der Waals surface area contributed by atoms with Gasteiger partial charge in [0.1, 0.15) is 0 Å². The summed E-state index contributed by atoms with van der Waals surface area (Å²) in [7, 11) is 1.36. The molecule has 0 aliphatic heterocycles. The highest BCUT2D eigenvalue weighted by atomic mass is 16.5. The van der Waals surface area contributed by atoms with Crippen molar-refractivity contribution in [1.82, 2.24) is 0 Å². The van der Waals surface area contributed by atoms with Crippen LogP contribution in [0.3, 0.4) is 0 Å². The summed E-state index contributed by atoms with van der Waals surface area (Å²) in [6, 6.07) is 19.3. The Morgan fingerprint density at radius 2 is 1.59 bits per heavy atom. The van der Waals surface area contributed by atoms with E-state index in [1.54, 1.807) is 6.08 Å². The fraction of sp³-hybridized carbons (Fsp3) is 0.211. The van der Waals surface area contributed by atoms with Crippen molar-refractivity contribution >= 4 is 5.97 Å². The van der Waals surface area contributed by atoms with Crippen LogP contribution in [0.25, 0.3) is 0 Å². The number of carbonyl (C=O) groups excluding carboxylic acids is 1. The SMILES string of the molecule is COC(=O)C/C=C/C(c1ccccc1)C(O)c1ccccc1. The minimum absolute atomic E-state index is 0.196. The fourth-order valence-electron chi connectivity index (χ4n) is 2.33. The van der Waals surface area contributed by atoms with Gasteiger partial charge in [0.25, 0.3) is 0 Å². The highest BCUT2D eigenvalue weighted by molar-refractivity contribution is 5.70. The molecule has 0 heterocycles. The summed E-state index contributed by atoms with van der Waals surface area (Å²) in [5.41, 5.74) is 1.85. The predicted molar refractivity (Wildman–Crippen MR) is 86.4 cm³/mol. The number of rotatable bonds is 6. The molecule has 2 atom stereocenters. The van der Waals surface area contributed by atoms with Crippen molar-refractivity contribution in [2.75, 3.05) is 7.11 Å². The van der Waals surface area contributed by atoms with E-state index < -0.39 is 6.10 Å². The van der Waals surface area contributed by atoms with E-state index in [0.717, 1.165) is 11.1 Å². The van der Waals surface area contributed by atoms with Gasteiger partial charge in [-0.2, -0.15) is 0 Å². The Kier molecular flexibility index (Phi) is 5.92. The lowest BCUT2D eigenvalue weighted by Gasteiger charge is -2.21. The summed E-state index contributed by atoms with van der Waals surface area (Å²) in [5.74, 6) is -0.509. The Morgan fingerprint density at radius 1 is 1.05 bits per heavy atom. The molecule has 0 amide bonds. The molecule has 3 heteroatoms. The molecule has 0 saturated heterocycles. The number of hydrogen-bond donors (Lipinski definition) is 1. The van der Waals surface area contributed by atoms with Crippen LogP contribution in [-0.4, -0.2) is 18.2 Å². The van der Waals surface area contributed by atoms with Gasteiger partial charge in [-0.3, -0.25) is 4.79 Å². The molecule has 3 nitrogen and oxygen atoms in total. The second-order valence-corrected chi connectivity index (χ2v) is 5.00. The molecule has 0 saturated carbocycles. The highest BCUT2D eigenvalue weighted by Gasteiger charge is 2.20.